The van der Waals surface area contributed by atoms with Gasteiger partial charge in [-0.15, -0.1) is 5.10 Å². The first-order valence-corrected chi connectivity index (χ1v) is 9.87. The van der Waals surface area contributed by atoms with Crippen molar-refractivity contribution in [3.8, 4) is 0 Å². The Labute approximate surface area is 166 Å². The molecule has 6 heteroatoms. The van der Waals surface area contributed by atoms with Gasteiger partial charge in [0.15, 0.2) is 0 Å². The predicted molar refractivity (Wildman–Crippen MR) is 107 cm³/mol. The molecule has 1 fully saturated rings. The summed E-state index contributed by atoms with van der Waals surface area (Å²) < 4.78 is 2.63. The second-order valence-corrected chi connectivity index (χ2v) is 7.98. The molecule has 1 N–H and O–H groups in total. The molecule has 0 radical (unpaired) electrons. The third-order valence-electron chi connectivity index (χ3n) is 4.82. The first-order chi connectivity index (χ1) is 13.1. The Bertz CT molecular complexity index is 930. The predicted octanol–water partition coefficient (Wildman–Crippen LogP) is 3.90. The maximum Gasteiger partial charge on any atom is 0.225 e. The summed E-state index contributed by atoms with van der Waals surface area (Å²) in [4.78, 5) is 12.7. The quantitative estimate of drug-likeness (QED) is 0.652. The minimum absolute atomic E-state index is 0.0345. The van der Waals surface area contributed by atoms with E-state index in [2.05, 4.69) is 55.8 Å². The van der Waals surface area contributed by atoms with Crippen molar-refractivity contribution < 1.29 is 4.79 Å². The van der Waals surface area contributed by atoms with Crippen LogP contribution in [-0.4, -0.2) is 20.9 Å². The fourth-order valence-electron chi connectivity index (χ4n) is 3.20. The number of hydrogen-bond acceptors (Lipinski definition) is 3. The maximum atomic E-state index is 12.7. The number of carbonyl (C=O) groups excluding carboxylic acids is 1. The van der Waals surface area contributed by atoms with Crippen molar-refractivity contribution in [2.75, 3.05) is 0 Å². The second-order valence-electron chi connectivity index (χ2n) is 7.06. The smallest absolute Gasteiger partial charge is 0.225 e. The fourth-order valence-corrected chi connectivity index (χ4v) is 3.47. The topological polar surface area (TPSA) is 59.8 Å². The van der Waals surface area contributed by atoms with Gasteiger partial charge in [0.05, 0.1) is 18.7 Å². The average Bonchev–Trinajstić information content (AvgIpc) is 3.42. The number of rotatable bonds is 6. The molecule has 1 aliphatic carbocycles. The van der Waals surface area contributed by atoms with Gasteiger partial charge < -0.3 is 5.32 Å². The van der Waals surface area contributed by atoms with Crippen LogP contribution in [0.1, 0.15) is 47.2 Å². The van der Waals surface area contributed by atoms with Crippen molar-refractivity contribution >= 4 is 21.8 Å². The highest BCUT2D eigenvalue weighted by molar-refractivity contribution is 9.10. The van der Waals surface area contributed by atoms with Crippen LogP contribution in [0.5, 0.6) is 0 Å². The summed E-state index contributed by atoms with van der Waals surface area (Å²) in [5.74, 6) is 0.694. The van der Waals surface area contributed by atoms with Crippen molar-refractivity contribution in [2.45, 2.75) is 31.2 Å². The molecular weight excluding hydrogens is 404 g/mol. The van der Waals surface area contributed by atoms with Crippen molar-refractivity contribution in [1.29, 1.82) is 0 Å². The standard InChI is InChI=1S/C21H21BrN4O/c1-26-13-19(24-25-26)21(17-8-10-18(22)11-9-17)23-20(27)12-14-2-4-15(5-3-14)16-6-7-16/h2-5,8-11,13,16,21H,6-7,12H2,1H3,(H,23,27)/t21-/m0/s1. The third-order valence-corrected chi connectivity index (χ3v) is 5.35. The summed E-state index contributed by atoms with van der Waals surface area (Å²) in [6, 6.07) is 16.0. The van der Waals surface area contributed by atoms with Gasteiger partial charge in [0.2, 0.25) is 5.91 Å². The molecule has 0 spiro atoms. The zero-order valence-electron chi connectivity index (χ0n) is 15.1. The van der Waals surface area contributed by atoms with Crippen LogP contribution in [-0.2, 0) is 18.3 Å². The van der Waals surface area contributed by atoms with E-state index in [0.29, 0.717) is 6.42 Å². The molecule has 1 aliphatic rings. The zero-order chi connectivity index (χ0) is 18.8. The molecule has 0 saturated heterocycles. The lowest BCUT2D eigenvalue weighted by Gasteiger charge is -2.17. The summed E-state index contributed by atoms with van der Waals surface area (Å²) in [5, 5.41) is 11.3. The Morgan fingerprint density at radius 1 is 1.19 bits per heavy atom. The summed E-state index contributed by atoms with van der Waals surface area (Å²) in [7, 11) is 1.82. The van der Waals surface area contributed by atoms with E-state index < -0.39 is 0 Å². The number of nitrogens with one attached hydrogen (secondary N) is 1. The Hall–Kier alpha value is -2.47. The van der Waals surface area contributed by atoms with Gasteiger partial charge in [-0.1, -0.05) is 57.5 Å². The normalized spacial score (nSPS) is 14.7. The van der Waals surface area contributed by atoms with Gasteiger partial charge >= 0.3 is 0 Å². The molecular formula is C21H21BrN4O. The molecule has 1 heterocycles. The lowest BCUT2D eigenvalue weighted by molar-refractivity contribution is -0.121. The van der Waals surface area contributed by atoms with Crippen LogP contribution < -0.4 is 5.32 Å². The van der Waals surface area contributed by atoms with E-state index in [1.54, 1.807) is 4.68 Å². The highest BCUT2D eigenvalue weighted by Gasteiger charge is 2.23. The SMILES string of the molecule is Cn1cc([C@@H](NC(=O)Cc2ccc(C3CC3)cc2)c2ccc(Br)cc2)nn1. The van der Waals surface area contributed by atoms with Crippen LogP contribution in [0.4, 0.5) is 0 Å². The average molecular weight is 425 g/mol. The molecule has 1 saturated carbocycles. The molecule has 1 aromatic heterocycles. The van der Waals surface area contributed by atoms with E-state index in [1.807, 2.05) is 37.5 Å². The second kappa shape index (κ2) is 7.64. The van der Waals surface area contributed by atoms with E-state index in [1.165, 1.54) is 18.4 Å². The largest absolute Gasteiger partial charge is 0.343 e. The van der Waals surface area contributed by atoms with Crippen LogP contribution in [0.15, 0.2) is 59.2 Å². The van der Waals surface area contributed by atoms with E-state index in [4.69, 9.17) is 0 Å². The summed E-state index contributed by atoms with van der Waals surface area (Å²) >= 11 is 3.45. The monoisotopic (exact) mass is 424 g/mol. The minimum atomic E-state index is -0.329. The molecule has 1 atom stereocenters. The molecule has 5 nitrogen and oxygen atoms in total. The van der Waals surface area contributed by atoms with E-state index in [9.17, 15) is 4.79 Å². The van der Waals surface area contributed by atoms with Gasteiger partial charge in [-0.25, -0.2) is 0 Å². The highest BCUT2D eigenvalue weighted by atomic mass is 79.9. The van der Waals surface area contributed by atoms with Crippen LogP contribution in [0.3, 0.4) is 0 Å². The van der Waals surface area contributed by atoms with E-state index >= 15 is 0 Å². The number of amides is 1. The van der Waals surface area contributed by atoms with Crippen LogP contribution in [0, 0.1) is 0 Å². The van der Waals surface area contributed by atoms with Gasteiger partial charge in [0.25, 0.3) is 0 Å². The number of carbonyl (C=O) groups is 1. The fraction of sp³-hybridized carbons (Fsp3) is 0.286. The summed E-state index contributed by atoms with van der Waals surface area (Å²) in [6.45, 7) is 0. The van der Waals surface area contributed by atoms with Crippen molar-refractivity contribution in [3.63, 3.8) is 0 Å². The van der Waals surface area contributed by atoms with Crippen LogP contribution >= 0.6 is 15.9 Å². The Kier molecular flexibility index (Phi) is 5.07. The van der Waals surface area contributed by atoms with Gasteiger partial charge in [-0.3, -0.25) is 9.48 Å². The number of benzene rings is 2. The minimum Gasteiger partial charge on any atom is -0.343 e. The van der Waals surface area contributed by atoms with Crippen LogP contribution in [0.25, 0.3) is 0 Å². The molecule has 4 rings (SSSR count). The van der Waals surface area contributed by atoms with Gasteiger partial charge in [-0.05, 0) is 47.6 Å². The number of hydrogen-bond donors (Lipinski definition) is 1. The highest BCUT2D eigenvalue weighted by Crippen LogP contribution is 2.39. The third kappa shape index (κ3) is 4.45. The molecule has 138 valence electrons. The Morgan fingerprint density at radius 2 is 1.89 bits per heavy atom. The lowest BCUT2D eigenvalue weighted by atomic mass is 10.0. The number of nitrogens with zero attached hydrogens (tertiary/aromatic N) is 3. The van der Waals surface area contributed by atoms with Gasteiger partial charge in [0.1, 0.15) is 5.69 Å². The molecule has 2 aromatic carbocycles. The molecule has 0 bridgehead atoms. The number of aromatic nitrogens is 3. The molecule has 3 aromatic rings. The van der Waals surface area contributed by atoms with Gasteiger partial charge in [0, 0.05) is 11.5 Å². The van der Waals surface area contributed by atoms with E-state index in [-0.39, 0.29) is 11.9 Å². The van der Waals surface area contributed by atoms with Crippen molar-refractivity contribution in [3.05, 3.63) is 81.6 Å². The lowest BCUT2D eigenvalue weighted by Crippen LogP contribution is -2.30. The molecule has 0 aliphatic heterocycles. The Balaban J connectivity index is 1.49. The summed E-state index contributed by atoms with van der Waals surface area (Å²) in [5.41, 5.74) is 4.09. The Morgan fingerprint density at radius 3 is 2.48 bits per heavy atom. The van der Waals surface area contributed by atoms with Crippen molar-refractivity contribution in [2.24, 2.45) is 7.05 Å². The zero-order valence-corrected chi connectivity index (χ0v) is 16.7. The van der Waals surface area contributed by atoms with Crippen molar-refractivity contribution in [1.82, 2.24) is 20.3 Å². The first-order valence-electron chi connectivity index (χ1n) is 9.08. The summed E-state index contributed by atoms with van der Waals surface area (Å²) in [6.07, 6.45) is 4.75. The number of aryl methyl sites for hydroxylation is 1. The first kappa shape index (κ1) is 17.9. The molecule has 1 amide bonds. The van der Waals surface area contributed by atoms with E-state index in [0.717, 1.165) is 27.2 Å². The maximum absolute atomic E-state index is 12.7. The van der Waals surface area contributed by atoms with Gasteiger partial charge in [-0.2, -0.15) is 0 Å². The number of halogens is 1. The molecule has 27 heavy (non-hydrogen) atoms. The van der Waals surface area contributed by atoms with Crippen LogP contribution in [0.2, 0.25) is 0 Å². The molecule has 0 unspecified atom stereocenters.